The number of nitrogens with one attached hydrogen (secondary N) is 1. The summed E-state index contributed by atoms with van der Waals surface area (Å²) >= 11 is 0. The first-order valence-corrected chi connectivity index (χ1v) is 6.43. The molecule has 0 saturated carbocycles. The molecule has 0 heterocycles. The van der Waals surface area contributed by atoms with Crippen LogP contribution in [0.5, 0.6) is 0 Å². The van der Waals surface area contributed by atoms with Crippen molar-refractivity contribution in [1.29, 1.82) is 5.26 Å². The third kappa shape index (κ3) is 2.38. The van der Waals surface area contributed by atoms with Gasteiger partial charge in [-0.3, -0.25) is 4.79 Å². The molecular weight excluding hydrogens is 224 g/mol. The molecule has 1 unspecified atom stereocenters. The fourth-order valence-corrected chi connectivity index (χ4v) is 2.23. The minimum atomic E-state index is -0.782. The molecule has 0 aromatic heterocycles. The molecule has 0 aliphatic heterocycles. The van der Waals surface area contributed by atoms with Gasteiger partial charge in [-0.25, -0.2) is 0 Å². The van der Waals surface area contributed by atoms with Gasteiger partial charge >= 0.3 is 0 Å². The highest BCUT2D eigenvalue weighted by Gasteiger charge is 2.24. The lowest BCUT2D eigenvalue weighted by Crippen LogP contribution is -2.44. The zero-order valence-electron chi connectivity index (χ0n) is 10.9. The topological polar surface area (TPSA) is 52.9 Å². The summed E-state index contributed by atoms with van der Waals surface area (Å²) in [5.41, 5.74) is 2.50. The smallest absolute Gasteiger partial charge is 0.252 e. The largest absolute Gasteiger partial charge is 0.334 e. The highest BCUT2D eigenvalue weighted by Crippen LogP contribution is 2.23. The molecule has 1 aromatic carbocycles. The number of benzene rings is 1. The van der Waals surface area contributed by atoms with Crippen LogP contribution in [0.4, 0.5) is 0 Å². The Kier molecular flexibility index (Phi) is 3.38. The van der Waals surface area contributed by atoms with Crippen molar-refractivity contribution in [2.75, 3.05) is 0 Å². The fourth-order valence-electron chi connectivity index (χ4n) is 2.23. The van der Waals surface area contributed by atoms with E-state index in [0.29, 0.717) is 12.0 Å². The van der Waals surface area contributed by atoms with Crippen molar-refractivity contribution < 1.29 is 4.79 Å². The van der Waals surface area contributed by atoms with Gasteiger partial charge in [-0.1, -0.05) is 13.0 Å². The summed E-state index contributed by atoms with van der Waals surface area (Å²) in [5, 5.41) is 11.9. The monoisotopic (exact) mass is 242 g/mol. The van der Waals surface area contributed by atoms with Crippen molar-refractivity contribution in [3.8, 4) is 6.07 Å². The predicted molar refractivity (Wildman–Crippen MR) is 70.2 cm³/mol. The van der Waals surface area contributed by atoms with Gasteiger partial charge in [0.15, 0.2) is 0 Å². The fraction of sp³-hybridized carbons (Fsp3) is 0.467. The van der Waals surface area contributed by atoms with E-state index in [9.17, 15) is 4.79 Å². The molecule has 3 heteroatoms. The SMILES string of the molecule is CCC(C)(C#N)NC(=O)c1ccc2c(c1)CCC2. The van der Waals surface area contributed by atoms with Gasteiger partial charge in [0.25, 0.3) is 5.91 Å². The molecule has 0 spiro atoms. The summed E-state index contributed by atoms with van der Waals surface area (Å²) in [6.07, 6.45) is 3.94. The van der Waals surface area contributed by atoms with Crippen LogP contribution in [-0.4, -0.2) is 11.4 Å². The lowest BCUT2D eigenvalue weighted by molar-refractivity contribution is 0.0923. The molecule has 3 nitrogen and oxygen atoms in total. The molecule has 0 fully saturated rings. The number of hydrogen-bond acceptors (Lipinski definition) is 2. The van der Waals surface area contributed by atoms with Crippen molar-refractivity contribution in [2.45, 2.75) is 45.1 Å². The molecule has 2 rings (SSSR count). The van der Waals surface area contributed by atoms with E-state index in [1.54, 1.807) is 6.92 Å². The molecule has 1 aromatic rings. The summed E-state index contributed by atoms with van der Waals surface area (Å²) in [7, 11) is 0. The van der Waals surface area contributed by atoms with Gasteiger partial charge in [-0.2, -0.15) is 5.26 Å². The lowest BCUT2D eigenvalue weighted by Gasteiger charge is -2.21. The second-order valence-electron chi connectivity index (χ2n) is 5.09. The molecule has 1 aliphatic rings. The van der Waals surface area contributed by atoms with Gasteiger partial charge in [0, 0.05) is 5.56 Å². The lowest BCUT2D eigenvalue weighted by atomic mass is 9.99. The van der Waals surface area contributed by atoms with Crippen LogP contribution < -0.4 is 5.32 Å². The van der Waals surface area contributed by atoms with E-state index >= 15 is 0 Å². The summed E-state index contributed by atoms with van der Waals surface area (Å²) in [5.74, 6) is -0.157. The average Bonchev–Trinajstić information content (AvgIpc) is 2.85. The Morgan fingerprint density at radius 1 is 1.44 bits per heavy atom. The number of fused-ring (bicyclic) bond motifs is 1. The standard InChI is InChI=1S/C15H18N2O/c1-3-15(2,10-16)17-14(18)13-8-7-11-5-4-6-12(11)9-13/h7-9H,3-6H2,1-2H3,(H,17,18). The van der Waals surface area contributed by atoms with Crippen molar-refractivity contribution in [3.63, 3.8) is 0 Å². The van der Waals surface area contributed by atoms with Gasteiger partial charge in [0.2, 0.25) is 0 Å². The molecule has 0 radical (unpaired) electrons. The number of rotatable bonds is 3. The number of carbonyl (C=O) groups is 1. The summed E-state index contributed by atoms with van der Waals surface area (Å²) in [6.45, 7) is 3.64. The second kappa shape index (κ2) is 4.81. The van der Waals surface area contributed by atoms with Gasteiger partial charge in [0.05, 0.1) is 6.07 Å². The highest BCUT2D eigenvalue weighted by atomic mass is 16.1. The quantitative estimate of drug-likeness (QED) is 0.885. The van der Waals surface area contributed by atoms with Crippen LogP contribution in [0.15, 0.2) is 18.2 Å². The maximum absolute atomic E-state index is 12.1. The molecule has 18 heavy (non-hydrogen) atoms. The molecule has 0 saturated heterocycles. The Bertz CT molecular complexity index is 516. The molecule has 0 bridgehead atoms. The molecule has 1 aliphatic carbocycles. The van der Waals surface area contributed by atoms with Gasteiger partial charge in [-0.15, -0.1) is 0 Å². The average molecular weight is 242 g/mol. The number of aryl methyl sites for hydroxylation is 2. The first-order chi connectivity index (χ1) is 8.58. The Morgan fingerprint density at radius 2 is 2.17 bits per heavy atom. The minimum absolute atomic E-state index is 0.157. The van der Waals surface area contributed by atoms with Crippen LogP contribution in [0.2, 0.25) is 0 Å². The molecule has 1 N–H and O–H groups in total. The Balaban J connectivity index is 2.18. The second-order valence-corrected chi connectivity index (χ2v) is 5.09. The zero-order chi connectivity index (χ0) is 13.2. The third-order valence-corrected chi connectivity index (χ3v) is 3.70. The third-order valence-electron chi connectivity index (χ3n) is 3.70. The van der Waals surface area contributed by atoms with Crippen molar-refractivity contribution >= 4 is 5.91 Å². The van der Waals surface area contributed by atoms with E-state index in [4.69, 9.17) is 5.26 Å². The number of hydrogen-bond donors (Lipinski definition) is 1. The van der Waals surface area contributed by atoms with E-state index in [-0.39, 0.29) is 5.91 Å². The van der Waals surface area contributed by atoms with Crippen LogP contribution in [0.25, 0.3) is 0 Å². The van der Waals surface area contributed by atoms with Crippen LogP contribution in [0, 0.1) is 11.3 Å². The predicted octanol–water partition coefficient (Wildman–Crippen LogP) is 2.60. The number of carbonyl (C=O) groups excluding carboxylic acids is 1. The summed E-state index contributed by atoms with van der Waals surface area (Å²) in [6, 6.07) is 8.00. The first kappa shape index (κ1) is 12.6. The van der Waals surface area contributed by atoms with Crippen molar-refractivity contribution in [1.82, 2.24) is 5.32 Å². The maximum Gasteiger partial charge on any atom is 0.252 e. The van der Waals surface area contributed by atoms with Gasteiger partial charge < -0.3 is 5.32 Å². The summed E-state index contributed by atoms with van der Waals surface area (Å²) < 4.78 is 0. The van der Waals surface area contributed by atoms with E-state index in [1.807, 2.05) is 25.1 Å². The number of nitriles is 1. The molecular formula is C15H18N2O. The summed E-state index contributed by atoms with van der Waals surface area (Å²) in [4.78, 5) is 12.1. The zero-order valence-corrected chi connectivity index (χ0v) is 10.9. The van der Waals surface area contributed by atoms with Gasteiger partial charge in [0.1, 0.15) is 5.54 Å². The minimum Gasteiger partial charge on any atom is -0.334 e. The Hall–Kier alpha value is -1.82. The van der Waals surface area contributed by atoms with E-state index in [0.717, 1.165) is 12.8 Å². The van der Waals surface area contributed by atoms with E-state index in [2.05, 4.69) is 11.4 Å². The van der Waals surface area contributed by atoms with Crippen LogP contribution in [0.1, 0.15) is 48.2 Å². The molecule has 94 valence electrons. The maximum atomic E-state index is 12.1. The van der Waals surface area contributed by atoms with Crippen molar-refractivity contribution in [2.24, 2.45) is 0 Å². The van der Waals surface area contributed by atoms with Crippen LogP contribution >= 0.6 is 0 Å². The van der Waals surface area contributed by atoms with Crippen LogP contribution in [-0.2, 0) is 12.8 Å². The van der Waals surface area contributed by atoms with Crippen molar-refractivity contribution in [3.05, 3.63) is 34.9 Å². The van der Waals surface area contributed by atoms with Crippen LogP contribution in [0.3, 0.4) is 0 Å². The van der Waals surface area contributed by atoms with Gasteiger partial charge in [-0.05, 0) is 55.9 Å². The number of nitrogens with zero attached hydrogens (tertiary/aromatic N) is 1. The van der Waals surface area contributed by atoms with E-state index < -0.39 is 5.54 Å². The Labute approximate surface area is 108 Å². The molecule has 1 atom stereocenters. The first-order valence-electron chi connectivity index (χ1n) is 6.43. The molecule has 1 amide bonds. The Morgan fingerprint density at radius 3 is 2.83 bits per heavy atom. The highest BCUT2D eigenvalue weighted by molar-refractivity contribution is 5.95. The normalized spacial score (nSPS) is 16.5. The number of amides is 1. The van der Waals surface area contributed by atoms with E-state index in [1.165, 1.54) is 17.5 Å².